The Labute approximate surface area is 216 Å². The summed E-state index contributed by atoms with van der Waals surface area (Å²) >= 11 is 0. The van der Waals surface area contributed by atoms with E-state index in [-0.39, 0.29) is 63.0 Å². The van der Waals surface area contributed by atoms with Gasteiger partial charge in [0.1, 0.15) is 0 Å². The maximum absolute atomic E-state index is 11.5. The van der Waals surface area contributed by atoms with Crippen molar-refractivity contribution in [3.63, 3.8) is 0 Å². The van der Waals surface area contributed by atoms with Crippen LogP contribution in [-0.2, 0) is 10.1 Å². The number of allylic oxidation sites excluding steroid dienone is 1. The maximum atomic E-state index is 11.5. The maximum Gasteiger partial charge on any atom is 1.00 e. The van der Waals surface area contributed by atoms with E-state index in [0.717, 1.165) is 12.8 Å². The van der Waals surface area contributed by atoms with E-state index in [1.54, 1.807) is 0 Å². The van der Waals surface area contributed by atoms with Gasteiger partial charge in [-0.25, -0.2) is 0 Å². The average Bonchev–Trinajstić information content (AvgIpc) is 2.60. The van der Waals surface area contributed by atoms with Crippen molar-refractivity contribution >= 4 is 16.0 Å². The van der Waals surface area contributed by atoms with Crippen LogP contribution in [0.1, 0.15) is 103 Å². The molecule has 0 aromatic heterocycles. The van der Waals surface area contributed by atoms with Crippen LogP contribution in [0.15, 0.2) is 17.1 Å². The van der Waals surface area contributed by atoms with Crippen LogP contribution in [0.25, 0.3) is 0 Å². The molecule has 0 amide bonds. The first-order chi connectivity index (χ1) is 13.0. The molecule has 0 aromatic carbocycles. The Morgan fingerprint density at radius 3 is 1.86 bits per heavy atom. The number of nitrogens with zero attached hydrogens (tertiary/aromatic N) is 1. The summed E-state index contributed by atoms with van der Waals surface area (Å²) in [6, 6.07) is 0. The standard InChI is InChI=1S/C21H41NO4S.K/c1-2-3-4-5-6-7-8-9-10-11-12-13-14-15-18-21(23)22-19-16-17-20-27(24,25)26;/h15,18H,2-14,16-17,19-20H2,1H3,(H,22,23)(H,24,25,26);/q;+1/p-1/b18-15+;. The fourth-order valence-electron chi connectivity index (χ4n) is 2.93. The second-order valence-electron chi connectivity index (χ2n) is 7.29. The molecule has 0 aliphatic heterocycles. The van der Waals surface area contributed by atoms with Crippen molar-refractivity contribution in [2.24, 2.45) is 4.99 Å². The van der Waals surface area contributed by atoms with Crippen LogP contribution in [0.4, 0.5) is 0 Å². The molecule has 0 unspecified atom stereocenters. The Hall–Kier alpha value is 0.756. The third kappa shape index (κ3) is 26.8. The first-order valence-corrected chi connectivity index (χ1v) is 12.4. The molecule has 0 bridgehead atoms. The zero-order valence-corrected chi connectivity index (χ0v) is 22.1. The number of rotatable bonds is 19. The number of hydrogen-bond donors (Lipinski definition) is 1. The van der Waals surface area contributed by atoms with Gasteiger partial charge in [0.25, 0.3) is 10.1 Å². The third-order valence-corrected chi connectivity index (χ3v) is 5.37. The topological polar surface area (TPSA) is 89.8 Å². The molecule has 0 saturated heterocycles. The van der Waals surface area contributed by atoms with Crippen LogP contribution in [0.2, 0.25) is 0 Å². The van der Waals surface area contributed by atoms with Gasteiger partial charge in [0.15, 0.2) is 0 Å². The molecule has 5 nitrogen and oxygen atoms in total. The minimum absolute atomic E-state index is 0. The molecular weight excluding hydrogens is 401 g/mol. The van der Waals surface area contributed by atoms with Gasteiger partial charge >= 0.3 is 51.4 Å². The minimum Gasteiger partial charge on any atom is -0.859 e. The van der Waals surface area contributed by atoms with Gasteiger partial charge in [0.05, 0.1) is 5.75 Å². The summed E-state index contributed by atoms with van der Waals surface area (Å²) in [6.45, 7) is 2.56. The van der Waals surface area contributed by atoms with Gasteiger partial charge in [0, 0.05) is 6.54 Å². The fraction of sp³-hybridized carbons (Fsp3) is 0.857. The molecule has 1 N–H and O–H groups in total. The predicted octanol–water partition coefficient (Wildman–Crippen LogP) is 2.06. The van der Waals surface area contributed by atoms with E-state index in [2.05, 4.69) is 11.9 Å². The molecule has 0 atom stereocenters. The summed E-state index contributed by atoms with van der Waals surface area (Å²) in [7, 11) is -3.90. The number of unbranched alkanes of at least 4 members (excludes halogenated alkanes) is 13. The van der Waals surface area contributed by atoms with E-state index in [0.29, 0.717) is 19.4 Å². The monoisotopic (exact) mass is 441 g/mol. The van der Waals surface area contributed by atoms with E-state index in [1.807, 2.05) is 6.08 Å². The van der Waals surface area contributed by atoms with Crippen LogP contribution in [0, 0.1) is 0 Å². The van der Waals surface area contributed by atoms with E-state index in [9.17, 15) is 13.5 Å². The van der Waals surface area contributed by atoms with Crippen molar-refractivity contribution in [3.05, 3.63) is 12.2 Å². The van der Waals surface area contributed by atoms with Crippen molar-refractivity contribution in [1.82, 2.24) is 0 Å². The zero-order chi connectivity index (χ0) is 20.2. The van der Waals surface area contributed by atoms with Crippen LogP contribution in [0.3, 0.4) is 0 Å². The van der Waals surface area contributed by atoms with Gasteiger partial charge in [-0.3, -0.25) is 4.55 Å². The van der Waals surface area contributed by atoms with Crippen molar-refractivity contribution in [2.45, 2.75) is 103 Å². The van der Waals surface area contributed by atoms with Crippen molar-refractivity contribution in [3.8, 4) is 0 Å². The first-order valence-electron chi connectivity index (χ1n) is 10.8. The normalized spacial score (nSPS) is 12.4. The summed E-state index contributed by atoms with van der Waals surface area (Å²) in [4.78, 5) is 3.84. The number of hydrogen-bond acceptors (Lipinski definition) is 4. The molecule has 160 valence electrons. The smallest absolute Gasteiger partial charge is 0.859 e. The molecular formula is C21H40KNO4S. The average molecular weight is 442 g/mol. The van der Waals surface area contributed by atoms with E-state index in [1.165, 1.54) is 76.7 Å². The largest absolute Gasteiger partial charge is 1.00 e. The molecule has 0 fully saturated rings. The third-order valence-electron chi connectivity index (χ3n) is 4.56. The Morgan fingerprint density at radius 1 is 0.857 bits per heavy atom. The molecule has 0 rings (SSSR count). The summed E-state index contributed by atoms with van der Waals surface area (Å²) < 4.78 is 29.7. The molecule has 0 aromatic rings. The van der Waals surface area contributed by atoms with Gasteiger partial charge in [-0.05, 0) is 31.6 Å². The van der Waals surface area contributed by atoms with Gasteiger partial charge in [-0.1, -0.05) is 89.7 Å². The van der Waals surface area contributed by atoms with Gasteiger partial charge in [-0.15, -0.1) is 0 Å². The summed E-state index contributed by atoms with van der Waals surface area (Å²) in [6.07, 6.45) is 21.0. The second-order valence-corrected chi connectivity index (χ2v) is 8.87. The van der Waals surface area contributed by atoms with Gasteiger partial charge in [-0.2, -0.15) is 8.42 Å². The Kier molecular flexibility index (Phi) is 24.8. The predicted molar refractivity (Wildman–Crippen MR) is 113 cm³/mol. The molecule has 28 heavy (non-hydrogen) atoms. The van der Waals surface area contributed by atoms with Crippen LogP contribution in [0.5, 0.6) is 0 Å². The zero-order valence-electron chi connectivity index (χ0n) is 18.2. The van der Waals surface area contributed by atoms with Gasteiger partial charge in [0.2, 0.25) is 0 Å². The molecule has 0 saturated carbocycles. The van der Waals surface area contributed by atoms with E-state index in [4.69, 9.17) is 4.55 Å². The Balaban J connectivity index is 0. The fourth-order valence-corrected chi connectivity index (χ4v) is 3.49. The second kappa shape index (κ2) is 22.4. The first kappa shape index (κ1) is 30.9. The Bertz CT molecular complexity index is 493. The van der Waals surface area contributed by atoms with E-state index >= 15 is 0 Å². The Morgan fingerprint density at radius 2 is 1.36 bits per heavy atom. The summed E-state index contributed by atoms with van der Waals surface area (Å²) in [5.74, 6) is -0.535. The molecule has 0 radical (unpaired) electrons. The molecule has 7 heteroatoms. The quantitative estimate of drug-likeness (QED) is 0.109. The van der Waals surface area contributed by atoms with E-state index < -0.39 is 10.1 Å². The molecule has 0 heterocycles. The summed E-state index contributed by atoms with van der Waals surface area (Å²) in [5, 5.41) is 11.5. The minimum atomic E-state index is -3.90. The molecule has 0 aliphatic carbocycles. The molecule has 0 spiro atoms. The van der Waals surface area contributed by atoms with Crippen molar-refractivity contribution in [1.29, 1.82) is 0 Å². The molecule has 0 aliphatic rings. The van der Waals surface area contributed by atoms with Crippen LogP contribution < -0.4 is 56.5 Å². The SMILES string of the molecule is CCCCCCCCCCCCCC/C=C/C([O-])=NCCCCS(=O)(=O)O.[K+]. The van der Waals surface area contributed by atoms with Crippen LogP contribution >= 0.6 is 0 Å². The van der Waals surface area contributed by atoms with Crippen LogP contribution in [-0.4, -0.2) is 31.2 Å². The van der Waals surface area contributed by atoms with Crippen molar-refractivity contribution in [2.75, 3.05) is 12.3 Å². The van der Waals surface area contributed by atoms with Gasteiger partial charge < -0.3 is 10.1 Å². The summed E-state index contributed by atoms with van der Waals surface area (Å²) in [5.41, 5.74) is 0. The number of aliphatic imine (C=N–C) groups is 1. The van der Waals surface area contributed by atoms with Crippen molar-refractivity contribution < 1.29 is 69.5 Å².